The number of carbonyl (C=O) groups excluding carboxylic acids is 3. The van der Waals surface area contributed by atoms with Crippen LogP contribution in [0.15, 0.2) is 0 Å². The number of hydrogen-bond donors (Lipinski definition) is 4. The average Bonchev–Trinajstić information content (AvgIpc) is 3.40. The fraction of sp³-hybridized carbons (Fsp3) is 0.921. The Bertz CT molecular complexity index is 1030. The predicted molar refractivity (Wildman–Crippen MR) is 185 cm³/mol. The van der Waals surface area contributed by atoms with Crippen LogP contribution in [0.3, 0.4) is 0 Å². The van der Waals surface area contributed by atoms with Crippen molar-refractivity contribution in [3.05, 3.63) is 0 Å². The lowest BCUT2D eigenvalue weighted by atomic mass is 9.44. The van der Waals surface area contributed by atoms with Crippen molar-refractivity contribution in [1.29, 1.82) is 0 Å². The Morgan fingerprint density at radius 2 is 1.60 bits per heavy atom. The first-order valence-electron chi connectivity index (χ1n) is 19.0. The van der Waals surface area contributed by atoms with Crippen molar-refractivity contribution in [3.63, 3.8) is 0 Å². The van der Waals surface area contributed by atoms with E-state index in [9.17, 15) is 19.5 Å². The number of carbonyl (C=O) groups is 3. The lowest BCUT2D eigenvalue weighted by Gasteiger charge is -2.61. The van der Waals surface area contributed by atoms with Gasteiger partial charge in [-0.1, -0.05) is 20.8 Å². The van der Waals surface area contributed by atoms with Gasteiger partial charge in [-0.15, -0.1) is 0 Å². The number of aliphatic hydroxyl groups excluding tert-OH is 1. The molecule has 4 fully saturated rings. The molecular weight excluding hydrogens is 594 g/mol. The van der Waals surface area contributed by atoms with Gasteiger partial charge >= 0.3 is 0 Å². The highest BCUT2D eigenvalue weighted by Crippen LogP contribution is 2.68. The van der Waals surface area contributed by atoms with Crippen LogP contribution < -0.4 is 16.0 Å². The van der Waals surface area contributed by atoms with Crippen LogP contribution in [0.1, 0.15) is 118 Å². The minimum atomic E-state index is -0.273. The Labute approximate surface area is 284 Å². The van der Waals surface area contributed by atoms with Crippen LogP contribution in [-0.2, 0) is 23.9 Å². The first kappa shape index (κ1) is 38.3. The van der Waals surface area contributed by atoms with E-state index in [0.29, 0.717) is 74.3 Å². The molecule has 10 atom stereocenters. The molecule has 2 amide bonds. The number of likely N-dealkylation sites (N-methyl/N-ethyl adjacent to an activating group) is 1. The zero-order valence-corrected chi connectivity index (χ0v) is 30.2. The van der Waals surface area contributed by atoms with E-state index in [1.165, 1.54) is 51.9 Å². The normalized spacial score (nSPS) is 34.4. The van der Waals surface area contributed by atoms with E-state index in [0.717, 1.165) is 49.9 Å². The Kier molecular flexibility index (Phi) is 14.6. The first-order chi connectivity index (χ1) is 22.5. The molecule has 4 aliphatic rings. The Morgan fingerprint density at radius 1 is 0.851 bits per heavy atom. The summed E-state index contributed by atoms with van der Waals surface area (Å²) in [5, 5.41) is 19.5. The van der Waals surface area contributed by atoms with Crippen molar-refractivity contribution in [2.45, 2.75) is 130 Å². The Morgan fingerprint density at radius 3 is 2.36 bits per heavy atom. The van der Waals surface area contributed by atoms with E-state index in [1.54, 1.807) is 7.05 Å². The molecule has 270 valence electrons. The fourth-order valence-electron chi connectivity index (χ4n) is 10.8. The van der Waals surface area contributed by atoms with Gasteiger partial charge in [0.15, 0.2) is 5.78 Å². The second kappa shape index (κ2) is 17.9. The monoisotopic (exact) mass is 662 g/mol. The van der Waals surface area contributed by atoms with Crippen molar-refractivity contribution in [1.82, 2.24) is 16.0 Å². The summed E-state index contributed by atoms with van der Waals surface area (Å²) in [5.41, 5.74) is 0.833. The highest BCUT2D eigenvalue weighted by atomic mass is 16.5. The standard InChI is InChI=1S/C38H67N3O6/c1-26(31-12-13-32-30-11-10-28-24-29(43)15-17-37(28,3)33(30)16-18-38(31,32)4)9-14-35(44)40-19-7-6-8-34(39-5)36(45)41-20-21-46-22-23-47-25-27(2)42/h26,28-34,39,43H,6-25H2,1-5H3,(H,40,44)(H,41,45)/t26-,28-,29-,30+,31-,32+,33+,34+,37+,38-/m1/s1. The third kappa shape index (κ3) is 9.79. The second-order valence-electron chi connectivity index (χ2n) is 16.2. The number of nitrogens with one attached hydrogen (secondary N) is 3. The van der Waals surface area contributed by atoms with E-state index in [-0.39, 0.29) is 36.4 Å². The van der Waals surface area contributed by atoms with Crippen LogP contribution in [0, 0.1) is 46.3 Å². The average molecular weight is 662 g/mol. The topological polar surface area (TPSA) is 126 Å². The number of aliphatic hydroxyl groups is 1. The molecule has 4 rings (SSSR count). The van der Waals surface area contributed by atoms with Crippen molar-refractivity contribution in [2.24, 2.45) is 46.3 Å². The third-order valence-corrected chi connectivity index (χ3v) is 13.4. The van der Waals surface area contributed by atoms with Gasteiger partial charge in [-0.25, -0.2) is 0 Å². The summed E-state index contributed by atoms with van der Waals surface area (Å²) in [6.07, 6.45) is 15.1. The maximum Gasteiger partial charge on any atom is 0.237 e. The van der Waals surface area contributed by atoms with E-state index < -0.39 is 0 Å². The van der Waals surface area contributed by atoms with Gasteiger partial charge in [0.25, 0.3) is 0 Å². The molecule has 47 heavy (non-hydrogen) atoms. The van der Waals surface area contributed by atoms with Crippen LogP contribution in [0.2, 0.25) is 0 Å². The van der Waals surface area contributed by atoms with E-state index in [4.69, 9.17) is 9.47 Å². The molecule has 0 aromatic rings. The van der Waals surface area contributed by atoms with Gasteiger partial charge in [0, 0.05) is 19.5 Å². The molecule has 0 aromatic heterocycles. The van der Waals surface area contributed by atoms with Gasteiger partial charge in [0.1, 0.15) is 6.61 Å². The van der Waals surface area contributed by atoms with Gasteiger partial charge in [0.2, 0.25) is 11.8 Å². The molecule has 9 heteroatoms. The molecule has 4 saturated carbocycles. The number of hydrogen-bond acceptors (Lipinski definition) is 7. The van der Waals surface area contributed by atoms with Gasteiger partial charge in [-0.05, 0) is 144 Å². The molecule has 4 aliphatic carbocycles. The zero-order valence-electron chi connectivity index (χ0n) is 30.2. The first-order valence-corrected chi connectivity index (χ1v) is 19.0. The van der Waals surface area contributed by atoms with Gasteiger partial charge in [-0.3, -0.25) is 14.4 Å². The lowest BCUT2D eigenvalue weighted by Crippen LogP contribution is -2.54. The predicted octanol–water partition coefficient (Wildman–Crippen LogP) is 5.04. The van der Waals surface area contributed by atoms with Crippen molar-refractivity contribution < 1.29 is 29.0 Å². The maximum atomic E-state index is 12.8. The number of ketones is 1. The summed E-state index contributed by atoms with van der Waals surface area (Å²) in [7, 11) is 1.79. The van der Waals surface area contributed by atoms with Crippen molar-refractivity contribution >= 4 is 17.6 Å². The van der Waals surface area contributed by atoms with E-state index >= 15 is 0 Å². The van der Waals surface area contributed by atoms with Crippen LogP contribution in [0.25, 0.3) is 0 Å². The van der Waals surface area contributed by atoms with Crippen molar-refractivity contribution in [3.8, 4) is 0 Å². The molecule has 0 unspecified atom stereocenters. The molecule has 0 spiro atoms. The number of amides is 2. The van der Waals surface area contributed by atoms with Crippen LogP contribution >= 0.6 is 0 Å². The molecule has 0 bridgehead atoms. The van der Waals surface area contributed by atoms with E-state index in [1.807, 2.05) is 0 Å². The minimum absolute atomic E-state index is 0.0128. The minimum Gasteiger partial charge on any atom is -0.393 e. The summed E-state index contributed by atoms with van der Waals surface area (Å²) in [5.74, 6) is 4.59. The number of fused-ring (bicyclic) bond motifs is 5. The summed E-state index contributed by atoms with van der Waals surface area (Å²) in [4.78, 5) is 36.1. The van der Waals surface area contributed by atoms with E-state index in [2.05, 4.69) is 36.7 Å². The number of ether oxygens (including phenoxy) is 2. The number of Topliss-reactive ketones (excluding diaryl/α,β-unsaturated/α-hetero) is 1. The molecule has 0 aromatic carbocycles. The molecule has 0 heterocycles. The number of rotatable bonds is 19. The van der Waals surface area contributed by atoms with Crippen LogP contribution in [-0.4, -0.2) is 81.4 Å². The van der Waals surface area contributed by atoms with Gasteiger partial charge in [0.05, 0.1) is 32.0 Å². The summed E-state index contributed by atoms with van der Waals surface area (Å²) >= 11 is 0. The quantitative estimate of drug-likeness (QED) is 0.143. The Hall–Kier alpha value is -1.55. The van der Waals surface area contributed by atoms with Crippen LogP contribution in [0.5, 0.6) is 0 Å². The van der Waals surface area contributed by atoms with Gasteiger partial charge in [-0.2, -0.15) is 0 Å². The highest BCUT2D eigenvalue weighted by molar-refractivity contribution is 5.81. The highest BCUT2D eigenvalue weighted by Gasteiger charge is 2.60. The van der Waals surface area contributed by atoms with Crippen molar-refractivity contribution in [2.75, 3.05) is 46.6 Å². The molecule has 0 saturated heterocycles. The number of unbranched alkanes of at least 4 members (excludes halogenated alkanes) is 1. The summed E-state index contributed by atoms with van der Waals surface area (Å²) in [6.45, 7) is 11.4. The fourth-order valence-corrected chi connectivity index (χ4v) is 10.8. The van der Waals surface area contributed by atoms with Crippen LogP contribution in [0.4, 0.5) is 0 Å². The summed E-state index contributed by atoms with van der Waals surface area (Å²) < 4.78 is 10.6. The second-order valence-corrected chi connectivity index (χ2v) is 16.2. The zero-order chi connectivity index (χ0) is 34.0. The molecule has 9 nitrogen and oxygen atoms in total. The molecule has 0 radical (unpaired) electrons. The molecule has 4 N–H and O–H groups in total. The third-order valence-electron chi connectivity index (χ3n) is 13.4. The van der Waals surface area contributed by atoms with Gasteiger partial charge < -0.3 is 30.5 Å². The SMILES string of the molecule is CN[C@@H](CCCCNC(=O)CC[C@@H](C)[C@H]1CC[C@H]2[C@@H]3CC[C@@H]4C[C@H](O)CC[C@]4(C)[C@H]3CC[C@]12C)C(=O)NCCOCCOCC(C)=O. The lowest BCUT2D eigenvalue weighted by molar-refractivity contribution is -0.129. The summed E-state index contributed by atoms with van der Waals surface area (Å²) in [6, 6.07) is -0.273. The maximum absolute atomic E-state index is 12.8. The smallest absolute Gasteiger partial charge is 0.237 e. The Balaban J connectivity index is 1.09. The largest absolute Gasteiger partial charge is 0.393 e. The molecular formula is C38H67N3O6. The molecule has 0 aliphatic heterocycles.